The summed E-state index contributed by atoms with van der Waals surface area (Å²) in [6, 6.07) is 7.96. The van der Waals surface area contributed by atoms with Gasteiger partial charge in [0.15, 0.2) is 5.96 Å². The molecule has 1 amide bonds. The lowest BCUT2D eigenvalue weighted by atomic mass is 9.74. The standard InChI is InChI=1S/C24H38N4O.HI/c1-25-23(28-17-9-15-24(19-28)13-6-4-5-7-14-24)26-16-12-20-10-8-11-21(18-20)22(29)27(2)3;/h8,10-11,18H,4-7,9,12-17,19H2,1-3H3,(H,25,26);1H. The molecule has 1 aliphatic carbocycles. The molecule has 1 aliphatic heterocycles. The highest BCUT2D eigenvalue weighted by Crippen LogP contribution is 2.42. The van der Waals surface area contributed by atoms with Crippen molar-refractivity contribution in [3.8, 4) is 0 Å². The van der Waals surface area contributed by atoms with Crippen molar-refractivity contribution in [3.63, 3.8) is 0 Å². The summed E-state index contributed by atoms with van der Waals surface area (Å²) in [5, 5.41) is 3.58. The van der Waals surface area contributed by atoms with Crippen LogP contribution in [0.15, 0.2) is 29.3 Å². The lowest BCUT2D eigenvalue weighted by Gasteiger charge is -2.44. The Morgan fingerprint density at radius 1 is 1.13 bits per heavy atom. The summed E-state index contributed by atoms with van der Waals surface area (Å²) in [6.07, 6.45) is 11.9. The molecule has 1 aromatic rings. The maximum Gasteiger partial charge on any atom is 0.253 e. The van der Waals surface area contributed by atoms with Crippen LogP contribution in [0.4, 0.5) is 0 Å². The fraction of sp³-hybridized carbons (Fsp3) is 0.667. The Morgan fingerprint density at radius 3 is 2.50 bits per heavy atom. The van der Waals surface area contributed by atoms with Gasteiger partial charge in [0.05, 0.1) is 0 Å². The molecule has 168 valence electrons. The summed E-state index contributed by atoms with van der Waals surface area (Å²) in [4.78, 5) is 20.9. The molecule has 1 saturated heterocycles. The van der Waals surface area contributed by atoms with Crippen LogP contribution < -0.4 is 5.32 Å². The predicted octanol–water partition coefficient (Wildman–Crippen LogP) is 4.56. The Bertz CT molecular complexity index is 711. The molecule has 2 aliphatic rings. The normalized spacial score (nSPS) is 19.0. The number of guanidine groups is 1. The van der Waals surface area contributed by atoms with Crippen LogP contribution in [0.25, 0.3) is 0 Å². The molecule has 1 N–H and O–H groups in total. The summed E-state index contributed by atoms with van der Waals surface area (Å²) in [6.45, 7) is 3.09. The first-order valence-corrected chi connectivity index (χ1v) is 11.3. The Balaban J connectivity index is 0.00000320. The average Bonchev–Trinajstić information content (AvgIpc) is 2.96. The van der Waals surface area contributed by atoms with Gasteiger partial charge in [-0.15, -0.1) is 24.0 Å². The van der Waals surface area contributed by atoms with Gasteiger partial charge in [-0.3, -0.25) is 9.79 Å². The average molecular weight is 527 g/mol. The zero-order valence-corrected chi connectivity index (χ0v) is 21.3. The summed E-state index contributed by atoms with van der Waals surface area (Å²) < 4.78 is 0. The number of amides is 1. The second kappa shape index (κ2) is 11.9. The van der Waals surface area contributed by atoms with Gasteiger partial charge < -0.3 is 15.1 Å². The summed E-state index contributed by atoms with van der Waals surface area (Å²) >= 11 is 0. The van der Waals surface area contributed by atoms with E-state index in [4.69, 9.17) is 0 Å². The summed E-state index contributed by atoms with van der Waals surface area (Å²) in [7, 11) is 5.48. The van der Waals surface area contributed by atoms with Gasteiger partial charge in [-0.25, -0.2) is 0 Å². The Kier molecular flexibility index (Phi) is 9.91. The van der Waals surface area contributed by atoms with Crippen molar-refractivity contribution < 1.29 is 4.79 Å². The third-order valence-corrected chi connectivity index (χ3v) is 6.61. The maximum absolute atomic E-state index is 12.2. The lowest BCUT2D eigenvalue weighted by molar-refractivity contribution is 0.0827. The zero-order chi connectivity index (χ0) is 20.7. The Hall–Kier alpha value is -1.31. The van der Waals surface area contributed by atoms with Crippen molar-refractivity contribution in [2.45, 2.75) is 57.8 Å². The smallest absolute Gasteiger partial charge is 0.253 e. The number of piperidine rings is 1. The molecule has 5 nitrogen and oxygen atoms in total. The molecule has 2 fully saturated rings. The highest BCUT2D eigenvalue weighted by Gasteiger charge is 2.36. The number of benzene rings is 1. The number of rotatable bonds is 4. The number of hydrogen-bond acceptors (Lipinski definition) is 2. The second-order valence-electron chi connectivity index (χ2n) is 9.06. The molecule has 6 heteroatoms. The van der Waals surface area contributed by atoms with Crippen molar-refractivity contribution in [1.29, 1.82) is 0 Å². The van der Waals surface area contributed by atoms with Gasteiger partial charge in [0.2, 0.25) is 0 Å². The predicted molar refractivity (Wildman–Crippen MR) is 136 cm³/mol. The van der Waals surface area contributed by atoms with E-state index in [1.165, 1.54) is 56.9 Å². The highest BCUT2D eigenvalue weighted by molar-refractivity contribution is 14.0. The third kappa shape index (κ3) is 6.59. The molecule has 0 radical (unpaired) electrons. The van der Waals surface area contributed by atoms with Gasteiger partial charge in [0.1, 0.15) is 0 Å². The van der Waals surface area contributed by atoms with Crippen molar-refractivity contribution >= 4 is 35.8 Å². The summed E-state index contributed by atoms with van der Waals surface area (Å²) in [5.41, 5.74) is 2.44. The van der Waals surface area contributed by atoms with Crippen LogP contribution in [0.1, 0.15) is 67.3 Å². The number of carbonyl (C=O) groups excluding carboxylic acids is 1. The van der Waals surface area contributed by atoms with Crippen LogP contribution in [0.5, 0.6) is 0 Å². The Labute approximate surface area is 199 Å². The van der Waals surface area contributed by atoms with Gasteiger partial charge in [-0.05, 0) is 55.2 Å². The second-order valence-corrected chi connectivity index (χ2v) is 9.06. The molecule has 0 atom stereocenters. The molecule has 0 unspecified atom stereocenters. The largest absolute Gasteiger partial charge is 0.356 e. The van der Waals surface area contributed by atoms with Crippen LogP contribution in [0, 0.1) is 5.41 Å². The fourth-order valence-electron chi connectivity index (χ4n) is 5.04. The lowest BCUT2D eigenvalue weighted by Crippen LogP contribution is -2.50. The molecule has 0 bridgehead atoms. The topological polar surface area (TPSA) is 47.9 Å². The van der Waals surface area contributed by atoms with Crippen molar-refractivity contribution in [3.05, 3.63) is 35.4 Å². The van der Waals surface area contributed by atoms with E-state index in [-0.39, 0.29) is 29.9 Å². The number of aliphatic imine (C=N–C) groups is 1. The number of likely N-dealkylation sites (tertiary alicyclic amines) is 1. The minimum Gasteiger partial charge on any atom is -0.356 e. The van der Waals surface area contributed by atoms with E-state index >= 15 is 0 Å². The first kappa shape index (κ1) is 25.0. The van der Waals surface area contributed by atoms with Gasteiger partial charge >= 0.3 is 0 Å². The number of carbonyl (C=O) groups is 1. The number of halogens is 1. The molecule has 3 rings (SSSR count). The van der Waals surface area contributed by atoms with Crippen molar-refractivity contribution in [1.82, 2.24) is 15.1 Å². The first-order valence-electron chi connectivity index (χ1n) is 11.3. The Morgan fingerprint density at radius 2 is 1.83 bits per heavy atom. The van der Waals surface area contributed by atoms with Crippen LogP contribution in [-0.2, 0) is 6.42 Å². The zero-order valence-electron chi connectivity index (χ0n) is 19.0. The number of nitrogens with zero attached hydrogens (tertiary/aromatic N) is 3. The minimum absolute atomic E-state index is 0. The minimum atomic E-state index is 0. The van der Waals surface area contributed by atoms with Gasteiger partial charge in [-0.2, -0.15) is 0 Å². The van der Waals surface area contributed by atoms with Gasteiger partial charge in [0, 0.05) is 46.3 Å². The van der Waals surface area contributed by atoms with E-state index in [9.17, 15) is 4.79 Å². The van der Waals surface area contributed by atoms with Crippen LogP contribution in [0.2, 0.25) is 0 Å². The van der Waals surface area contributed by atoms with Gasteiger partial charge in [-0.1, -0.05) is 37.8 Å². The maximum atomic E-state index is 12.2. The van der Waals surface area contributed by atoms with E-state index in [0.29, 0.717) is 5.41 Å². The quantitative estimate of drug-likeness (QED) is 0.356. The third-order valence-electron chi connectivity index (χ3n) is 6.61. The molecule has 1 spiro atoms. The van der Waals surface area contributed by atoms with E-state index in [2.05, 4.69) is 21.3 Å². The highest BCUT2D eigenvalue weighted by atomic mass is 127. The molecule has 30 heavy (non-hydrogen) atoms. The van der Waals surface area contributed by atoms with Crippen LogP contribution >= 0.6 is 24.0 Å². The molecule has 1 aromatic carbocycles. The number of hydrogen-bond donors (Lipinski definition) is 1. The number of nitrogens with one attached hydrogen (secondary N) is 1. The SMILES string of the molecule is CN=C(NCCc1cccc(C(=O)N(C)C)c1)N1CCCC2(CCCCCC2)C1.I. The molecular formula is C24H39IN4O. The molecule has 0 aromatic heterocycles. The van der Waals surface area contributed by atoms with Crippen LogP contribution in [-0.4, -0.2) is 62.4 Å². The van der Waals surface area contributed by atoms with E-state index in [1.54, 1.807) is 19.0 Å². The fourth-order valence-corrected chi connectivity index (χ4v) is 5.04. The van der Waals surface area contributed by atoms with E-state index < -0.39 is 0 Å². The first-order chi connectivity index (χ1) is 14.0. The van der Waals surface area contributed by atoms with Gasteiger partial charge in [0.25, 0.3) is 5.91 Å². The van der Waals surface area contributed by atoms with Crippen molar-refractivity contribution in [2.24, 2.45) is 10.4 Å². The van der Waals surface area contributed by atoms with E-state index in [1.807, 2.05) is 25.2 Å². The van der Waals surface area contributed by atoms with Crippen LogP contribution in [0.3, 0.4) is 0 Å². The monoisotopic (exact) mass is 526 g/mol. The van der Waals surface area contributed by atoms with E-state index in [0.717, 1.165) is 37.6 Å². The summed E-state index contributed by atoms with van der Waals surface area (Å²) in [5.74, 6) is 1.09. The molecule has 1 saturated carbocycles. The molecule has 1 heterocycles. The van der Waals surface area contributed by atoms with Crippen molar-refractivity contribution in [2.75, 3.05) is 40.8 Å². The molecular weight excluding hydrogens is 487 g/mol.